The van der Waals surface area contributed by atoms with Crippen LogP contribution in [-0.4, -0.2) is 12.1 Å². The van der Waals surface area contributed by atoms with Gasteiger partial charge in [0.2, 0.25) is 0 Å². The normalized spacial score (nSPS) is 24.4. The molecular weight excluding hydrogens is 203 g/mol. The lowest BCUT2D eigenvalue weighted by atomic mass is 9.90. The van der Waals surface area contributed by atoms with Crippen molar-refractivity contribution in [3.63, 3.8) is 0 Å². The van der Waals surface area contributed by atoms with E-state index < -0.39 is 18.0 Å². The van der Waals surface area contributed by atoms with Crippen molar-refractivity contribution in [1.82, 2.24) is 0 Å². The summed E-state index contributed by atoms with van der Waals surface area (Å²) in [5, 5.41) is 0. The van der Waals surface area contributed by atoms with Gasteiger partial charge in [0, 0.05) is 5.92 Å². The molecule has 0 amide bonds. The standard InChI is InChI=1S/C9H11F5/c10-8(11,9(12,13)14)7(5-1-2-5)6-3-4-6/h5-7H,1-4H2. The Kier molecular flexibility index (Phi) is 2.05. The maximum Gasteiger partial charge on any atom is 0.453 e. The molecule has 82 valence electrons. The van der Waals surface area contributed by atoms with E-state index in [0.717, 1.165) is 0 Å². The van der Waals surface area contributed by atoms with Gasteiger partial charge in [0.15, 0.2) is 0 Å². The van der Waals surface area contributed by atoms with E-state index in [4.69, 9.17) is 0 Å². The summed E-state index contributed by atoms with van der Waals surface area (Å²) in [5.74, 6) is -6.70. The van der Waals surface area contributed by atoms with Gasteiger partial charge in [0.1, 0.15) is 0 Å². The second kappa shape index (κ2) is 2.83. The van der Waals surface area contributed by atoms with Crippen molar-refractivity contribution in [2.24, 2.45) is 17.8 Å². The van der Waals surface area contributed by atoms with Gasteiger partial charge in [-0.25, -0.2) is 0 Å². The van der Waals surface area contributed by atoms with Crippen LogP contribution >= 0.6 is 0 Å². The number of rotatable bonds is 3. The van der Waals surface area contributed by atoms with Crippen LogP contribution in [0.1, 0.15) is 25.7 Å². The fourth-order valence-electron chi connectivity index (χ4n) is 2.08. The van der Waals surface area contributed by atoms with Crippen molar-refractivity contribution in [2.45, 2.75) is 37.8 Å². The molecule has 14 heavy (non-hydrogen) atoms. The summed E-state index contributed by atoms with van der Waals surface area (Å²) >= 11 is 0. The predicted octanol–water partition coefficient (Wildman–Crippen LogP) is 3.62. The smallest absolute Gasteiger partial charge is 0.196 e. The van der Waals surface area contributed by atoms with Gasteiger partial charge in [-0.2, -0.15) is 22.0 Å². The summed E-state index contributed by atoms with van der Waals surface area (Å²) in [7, 11) is 0. The summed E-state index contributed by atoms with van der Waals surface area (Å²) in [6.07, 6.45) is -3.23. The topological polar surface area (TPSA) is 0 Å². The van der Waals surface area contributed by atoms with E-state index in [1.54, 1.807) is 0 Å². The van der Waals surface area contributed by atoms with Gasteiger partial charge in [0.05, 0.1) is 0 Å². The van der Waals surface area contributed by atoms with E-state index in [0.29, 0.717) is 25.7 Å². The molecule has 0 aliphatic heterocycles. The van der Waals surface area contributed by atoms with Gasteiger partial charge in [-0.1, -0.05) is 0 Å². The lowest BCUT2D eigenvalue weighted by Gasteiger charge is -2.28. The first-order valence-electron chi connectivity index (χ1n) is 4.78. The Morgan fingerprint density at radius 1 is 0.786 bits per heavy atom. The fraction of sp³-hybridized carbons (Fsp3) is 1.00. The van der Waals surface area contributed by atoms with Crippen molar-refractivity contribution in [1.29, 1.82) is 0 Å². The Labute approximate surface area is 78.5 Å². The molecule has 2 fully saturated rings. The van der Waals surface area contributed by atoms with E-state index >= 15 is 0 Å². The minimum absolute atomic E-state index is 0.390. The van der Waals surface area contributed by atoms with Crippen molar-refractivity contribution in [3.05, 3.63) is 0 Å². The largest absolute Gasteiger partial charge is 0.453 e. The Bertz CT molecular complexity index is 212. The summed E-state index contributed by atoms with van der Waals surface area (Å²) in [6.45, 7) is 0. The number of halogens is 5. The molecule has 2 aliphatic rings. The van der Waals surface area contributed by atoms with Crippen LogP contribution < -0.4 is 0 Å². The highest BCUT2D eigenvalue weighted by Gasteiger charge is 2.67. The minimum atomic E-state index is -5.37. The third-order valence-electron chi connectivity index (χ3n) is 3.06. The van der Waals surface area contributed by atoms with E-state index in [1.165, 1.54) is 0 Å². The summed E-state index contributed by atoms with van der Waals surface area (Å²) < 4.78 is 62.4. The SMILES string of the molecule is FC(F)(F)C(F)(F)C(C1CC1)C1CC1. The zero-order chi connectivity index (χ0) is 10.6. The molecular formula is C9H11F5. The van der Waals surface area contributed by atoms with Crippen LogP contribution in [0.2, 0.25) is 0 Å². The molecule has 0 heterocycles. The molecule has 0 spiro atoms. The van der Waals surface area contributed by atoms with Gasteiger partial charge in [0.25, 0.3) is 0 Å². The second-order valence-corrected chi connectivity index (χ2v) is 4.32. The van der Waals surface area contributed by atoms with E-state index in [9.17, 15) is 22.0 Å². The molecule has 0 radical (unpaired) electrons. The molecule has 2 rings (SSSR count). The highest BCUT2D eigenvalue weighted by atomic mass is 19.4. The maximum atomic E-state index is 13.1. The lowest BCUT2D eigenvalue weighted by Crippen LogP contribution is -2.45. The Balaban J connectivity index is 2.15. The molecule has 0 saturated heterocycles. The fourth-order valence-corrected chi connectivity index (χ4v) is 2.08. The highest BCUT2D eigenvalue weighted by molar-refractivity contribution is 5.00. The highest BCUT2D eigenvalue weighted by Crippen LogP contribution is 2.59. The molecule has 0 N–H and O–H groups in total. The van der Waals surface area contributed by atoms with Crippen molar-refractivity contribution >= 4 is 0 Å². The van der Waals surface area contributed by atoms with Crippen molar-refractivity contribution < 1.29 is 22.0 Å². The van der Waals surface area contributed by atoms with Crippen LogP contribution in [-0.2, 0) is 0 Å². The predicted molar refractivity (Wildman–Crippen MR) is 39.9 cm³/mol. The lowest BCUT2D eigenvalue weighted by molar-refractivity contribution is -0.307. The van der Waals surface area contributed by atoms with Crippen molar-refractivity contribution in [2.75, 3.05) is 0 Å². The third kappa shape index (κ3) is 1.61. The quantitative estimate of drug-likeness (QED) is 0.629. The molecule has 0 aromatic rings. The van der Waals surface area contributed by atoms with Gasteiger partial charge >= 0.3 is 12.1 Å². The first kappa shape index (κ1) is 10.2. The zero-order valence-corrected chi connectivity index (χ0v) is 7.45. The first-order chi connectivity index (χ1) is 6.34. The average Bonchev–Trinajstić information content (AvgIpc) is 2.72. The molecule has 2 saturated carbocycles. The number of alkyl halides is 5. The molecule has 0 bridgehead atoms. The van der Waals surface area contributed by atoms with Crippen LogP contribution in [0.4, 0.5) is 22.0 Å². The Morgan fingerprint density at radius 3 is 1.36 bits per heavy atom. The Hall–Kier alpha value is -0.350. The summed E-state index contributed by atoms with van der Waals surface area (Å²) in [4.78, 5) is 0. The molecule has 0 aromatic heterocycles. The summed E-state index contributed by atoms with van der Waals surface area (Å²) in [6, 6.07) is 0. The third-order valence-corrected chi connectivity index (χ3v) is 3.06. The van der Waals surface area contributed by atoms with Crippen molar-refractivity contribution in [3.8, 4) is 0 Å². The summed E-state index contributed by atoms with van der Waals surface area (Å²) in [5.41, 5.74) is 0. The van der Waals surface area contributed by atoms with Gasteiger partial charge in [-0.3, -0.25) is 0 Å². The maximum absolute atomic E-state index is 13.1. The molecule has 0 aromatic carbocycles. The second-order valence-electron chi connectivity index (χ2n) is 4.32. The van der Waals surface area contributed by atoms with E-state index in [1.807, 2.05) is 0 Å². The van der Waals surface area contributed by atoms with Crippen LogP contribution in [0.5, 0.6) is 0 Å². The Morgan fingerprint density at radius 2 is 1.14 bits per heavy atom. The average molecular weight is 214 g/mol. The number of hydrogen-bond acceptors (Lipinski definition) is 0. The molecule has 0 unspecified atom stereocenters. The van der Waals surface area contributed by atoms with Gasteiger partial charge in [-0.15, -0.1) is 0 Å². The minimum Gasteiger partial charge on any atom is -0.196 e. The molecule has 2 aliphatic carbocycles. The van der Waals surface area contributed by atoms with E-state index in [-0.39, 0.29) is 11.8 Å². The monoisotopic (exact) mass is 214 g/mol. The van der Waals surface area contributed by atoms with Crippen LogP contribution in [0.3, 0.4) is 0 Å². The molecule has 5 heteroatoms. The van der Waals surface area contributed by atoms with Crippen LogP contribution in [0, 0.1) is 17.8 Å². The molecule has 0 nitrogen and oxygen atoms in total. The first-order valence-corrected chi connectivity index (χ1v) is 4.78. The zero-order valence-electron chi connectivity index (χ0n) is 7.45. The van der Waals surface area contributed by atoms with Gasteiger partial charge < -0.3 is 0 Å². The number of hydrogen-bond donors (Lipinski definition) is 0. The van der Waals surface area contributed by atoms with Gasteiger partial charge in [-0.05, 0) is 37.5 Å². The van der Waals surface area contributed by atoms with Crippen LogP contribution in [0.15, 0.2) is 0 Å². The van der Waals surface area contributed by atoms with E-state index in [2.05, 4.69) is 0 Å². The van der Waals surface area contributed by atoms with Crippen LogP contribution in [0.25, 0.3) is 0 Å². The molecule has 0 atom stereocenters.